The number of aromatic amines is 1. The molecular formula is C10H15N7S. The number of aryl methyl sites for hydroxylation is 1. The molecule has 8 heteroatoms. The van der Waals surface area contributed by atoms with Gasteiger partial charge in [0.2, 0.25) is 5.16 Å². The molecule has 7 nitrogen and oxygen atoms in total. The molecule has 0 aromatic carbocycles. The van der Waals surface area contributed by atoms with Gasteiger partial charge in [-0.25, -0.2) is 20.8 Å². The molecule has 4 N–H and O–H groups in total. The summed E-state index contributed by atoms with van der Waals surface area (Å²) in [5, 5.41) is 8.24. The molecule has 2 aromatic rings. The SMILES string of the molecule is Cc1nc(Sc2cc(NN)nc(C(C)C)n2)n[nH]1. The van der Waals surface area contributed by atoms with Gasteiger partial charge in [-0.2, -0.15) is 0 Å². The maximum atomic E-state index is 5.40. The molecule has 0 fully saturated rings. The fourth-order valence-corrected chi connectivity index (χ4v) is 2.06. The first-order valence-electron chi connectivity index (χ1n) is 5.51. The van der Waals surface area contributed by atoms with E-state index < -0.39 is 0 Å². The van der Waals surface area contributed by atoms with Crippen LogP contribution in [0.5, 0.6) is 0 Å². The van der Waals surface area contributed by atoms with Crippen LogP contribution in [0, 0.1) is 6.92 Å². The van der Waals surface area contributed by atoms with Crippen molar-refractivity contribution in [1.82, 2.24) is 25.1 Å². The molecule has 2 heterocycles. The third-order valence-corrected chi connectivity index (χ3v) is 2.94. The lowest BCUT2D eigenvalue weighted by molar-refractivity contribution is 0.754. The Bertz CT molecular complexity index is 537. The normalized spacial score (nSPS) is 10.9. The van der Waals surface area contributed by atoms with E-state index in [1.165, 1.54) is 11.8 Å². The van der Waals surface area contributed by atoms with Crippen molar-refractivity contribution in [3.63, 3.8) is 0 Å². The number of aromatic nitrogens is 5. The van der Waals surface area contributed by atoms with Crippen molar-refractivity contribution in [2.24, 2.45) is 5.84 Å². The minimum absolute atomic E-state index is 0.228. The minimum atomic E-state index is 0.228. The summed E-state index contributed by atoms with van der Waals surface area (Å²) in [6.45, 7) is 5.91. The monoisotopic (exact) mass is 265 g/mol. The van der Waals surface area contributed by atoms with Crippen LogP contribution in [-0.4, -0.2) is 25.1 Å². The van der Waals surface area contributed by atoms with Crippen LogP contribution in [0.4, 0.5) is 5.82 Å². The van der Waals surface area contributed by atoms with Crippen molar-refractivity contribution in [1.29, 1.82) is 0 Å². The molecule has 0 amide bonds. The number of nitrogen functional groups attached to an aromatic ring is 1. The molecule has 0 spiro atoms. The van der Waals surface area contributed by atoms with Gasteiger partial charge in [-0.1, -0.05) is 13.8 Å². The highest BCUT2D eigenvalue weighted by atomic mass is 32.2. The summed E-state index contributed by atoms with van der Waals surface area (Å²) in [5.74, 6) is 7.72. The van der Waals surface area contributed by atoms with Crippen LogP contribution in [0.3, 0.4) is 0 Å². The third kappa shape index (κ3) is 2.96. The van der Waals surface area contributed by atoms with Gasteiger partial charge >= 0.3 is 0 Å². The smallest absolute Gasteiger partial charge is 0.214 e. The lowest BCUT2D eigenvalue weighted by atomic mass is 10.2. The van der Waals surface area contributed by atoms with Crippen molar-refractivity contribution in [2.75, 3.05) is 5.43 Å². The van der Waals surface area contributed by atoms with Gasteiger partial charge in [0.05, 0.1) is 0 Å². The summed E-state index contributed by atoms with van der Waals surface area (Å²) < 4.78 is 0. The molecular weight excluding hydrogens is 250 g/mol. The Morgan fingerprint density at radius 3 is 2.67 bits per heavy atom. The minimum Gasteiger partial charge on any atom is -0.308 e. The fourth-order valence-electron chi connectivity index (χ4n) is 1.29. The number of hydrogen-bond acceptors (Lipinski definition) is 7. The first-order chi connectivity index (χ1) is 8.58. The molecule has 0 aliphatic carbocycles. The number of hydrazine groups is 1. The van der Waals surface area contributed by atoms with Crippen LogP contribution in [0.25, 0.3) is 0 Å². The van der Waals surface area contributed by atoms with Gasteiger partial charge in [0, 0.05) is 12.0 Å². The molecule has 0 saturated heterocycles. The largest absolute Gasteiger partial charge is 0.308 e. The highest BCUT2D eigenvalue weighted by Crippen LogP contribution is 2.25. The Hall–Kier alpha value is -1.67. The molecule has 0 aliphatic heterocycles. The Morgan fingerprint density at radius 2 is 2.11 bits per heavy atom. The number of nitrogens with zero attached hydrogens (tertiary/aromatic N) is 4. The van der Waals surface area contributed by atoms with E-state index in [9.17, 15) is 0 Å². The molecule has 0 unspecified atom stereocenters. The summed E-state index contributed by atoms with van der Waals surface area (Å²) in [5.41, 5.74) is 2.54. The van der Waals surface area contributed by atoms with Crippen LogP contribution in [0.2, 0.25) is 0 Å². The standard InChI is InChI=1S/C10H15N7S/c1-5(2)9-13-7(15-11)4-8(14-9)18-10-12-6(3)16-17-10/h4-5H,11H2,1-3H3,(H,12,16,17)(H,13,14,15). The van der Waals surface area contributed by atoms with E-state index in [1.807, 2.05) is 20.8 Å². The molecule has 96 valence electrons. The van der Waals surface area contributed by atoms with Crippen LogP contribution in [0.15, 0.2) is 16.2 Å². The van der Waals surface area contributed by atoms with Gasteiger partial charge in [0.25, 0.3) is 0 Å². The van der Waals surface area contributed by atoms with E-state index in [1.54, 1.807) is 6.07 Å². The lowest BCUT2D eigenvalue weighted by Gasteiger charge is -2.08. The quantitative estimate of drug-likeness (QED) is 0.436. The molecule has 18 heavy (non-hydrogen) atoms. The molecule has 0 saturated carbocycles. The van der Waals surface area contributed by atoms with Crippen molar-refractivity contribution in [2.45, 2.75) is 36.9 Å². The highest BCUT2D eigenvalue weighted by Gasteiger charge is 2.10. The number of H-pyrrole nitrogens is 1. The van der Waals surface area contributed by atoms with Crippen molar-refractivity contribution < 1.29 is 0 Å². The maximum absolute atomic E-state index is 5.40. The van der Waals surface area contributed by atoms with E-state index in [0.29, 0.717) is 11.0 Å². The van der Waals surface area contributed by atoms with E-state index in [0.717, 1.165) is 16.7 Å². The second-order valence-corrected chi connectivity index (χ2v) is 5.04. The summed E-state index contributed by atoms with van der Waals surface area (Å²) in [6, 6.07) is 1.77. The van der Waals surface area contributed by atoms with E-state index in [4.69, 9.17) is 5.84 Å². The average Bonchev–Trinajstić information content (AvgIpc) is 2.74. The van der Waals surface area contributed by atoms with Crippen LogP contribution >= 0.6 is 11.8 Å². The number of rotatable bonds is 4. The zero-order valence-corrected chi connectivity index (χ0v) is 11.2. The Labute approximate surface area is 109 Å². The fraction of sp³-hybridized carbons (Fsp3) is 0.400. The molecule has 2 aromatic heterocycles. The summed E-state index contributed by atoms with van der Waals surface area (Å²) >= 11 is 1.37. The van der Waals surface area contributed by atoms with Gasteiger partial charge in [0.1, 0.15) is 22.5 Å². The maximum Gasteiger partial charge on any atom is 0.214 e. The predicted molar refractivity (Wildman–Crippen MR) is 69.2 cm³/mol. The van der Waals surface area contributed by atoms with Crippen LogP contribution in [-0.2, 0) is 0 Å². The van der Waals surface area contributed by atoms with Crippen molar-refractivity contribution >= 4 is 17.6 Å². The van der Waals surface area contributed by atoms with E-state index in [2.05, 4.69) is 30.6 Å². The third-order valence-electron chi connectivity index (χ3n) is 2.16. The first kappa shape index (κ1) is 12.8. The first-order valence-corrected chi connectivity index (χ1v) is 6.32. The number of nitrogens with one attached hydrogen (secondary N) is 2. The predicted octanol–water partition coefficient (Wildman–Crippen LogP) is 1.46. The Kier molecular flexibility index (Phi) is 3.78. The Morgan fingerprint density at radius 1 is 1.33 bits per heavy atom. The summed E-state index contributed by atoms with van der Waals surface area (Å²) in [7, 11) is 0. The number of nitrogens with two attached hydrogens (primary N) is 1. The number of hydrogen-bond donors (Lipinski definition) is 3. The molecule has 2 rings (SSSR count). The molecule has 0 aliphatic rings. The molecule has 0 atom stereocenters. The van der Waals surface area contributed by atoms with Gasteiger partial charge in [-0.3, -0.25) is 5.10 Å². The van der Waals surface area contributed by atoms with E-state index in [-0.39, 0.29) is 5.92 Å². The van der Waals surface area contributed by atoms with Crippen LogP contribution in [0.1, 0.15) is 31.4 Å². The second kappa shape index (κ2) is 5.32. The van der Waals surface area contributed by atoms with E-state index >= 15 is 0 Å². The summed E-state index contributed by atoms with van der Waals surface area (Å²) in [4.78, 5) is 13.0. The lowest BCUT2D eigenvalue weighted by Crippen LogP contribution is -2.11. The van der Waals surface area contributed by atoms with Gasteiger partial charge in [0.15, 0.2) is 0 Å². The summed E-state index contributed by atoms with van der Waals surface area (Å²) in [6.07, 6.45) is 0. The molecule has 0 bridgehead atoms. The van der Waals surface area contributed by atoms with Crippen molar-refractivity contribution in [3.8, 4) is 0 Å². The average molecular weight is 265 g/mol. The zero-order valence-electron chi connectivity index (χ0n) is 10.4. The van der Waals surface area contributed by atoms with Gasteiger partial charge < -0.3 is 5.43 Å². The van der Waals surface area contributed by atoms with Gasteiger partial charge in [-0.05, 0) is 18.7 Å². The van der Waals surface area contributed by atoms with Crippen molar-refractivity contribution in [3.05, 3.63) is 17.7 Å². The Balaban J connectivity index is 2.29. The number of anilines is 1. The second-order valence-electron chi connectivity index (χ2n) is 4.05. The molecule has 0 radical (unpaired) electrons. The highest BCUT2D eigenvalue weighted by molar-refractivity contribution is 7.99. The van der Waals surface area contributed by atoms with Crippen LogP contribution < -0.4 is 11.3 Å². The topological polar surface area (TPSA) is 105 Å². The van der Waals surface area contributed by atoms with Gasteiger partial charge in [-0.15, -0.1) is 5.10 Å². The zero-order chi connectivity index (χ0) is 13.1.